The van der Waals surface area contributed by atoms with Crippen molar-refractivity contribution in [3.05, 3.63) is 59.5 Å². The molecular formula is C22H27N3O2. The third-order valence-corrected chi connectivity index (χ3v) is 5.70. The molecule has 1 aromatic carbocycles. The topological polar surface area (TPSA) is 49.1 Å². The summed E-state index contributed by atoms with van der Waals surface area (Å²) in [5.41, 5.74) is 3.22. The van der Waals surface area contributed by atoms with Crippen molar-refractivity contribution in [2.45, 2.75) is 51.6 Å². The van der Waals surface area contributed by atoms with Crippen LogP contribution in [0.1, 0.15) is 55.5 Å². The number of hydrogen-bond acceptors (Lipinski definition) is 4. The van der Waals surface area contributed by atoms with Crippen molar-refractivity contribution >= 4 is 11.6 Å². The fourth-order valence-corrected chi connectivity index (χ4v) is 4.00. The summed E-state index contributed by atoms with van der Waals surface area (Å²) < 4.78 is 5.63. The first kappa shape index (κ1) is 18.0. The van der Waals surface area contributed by atoms with Gasteiger partial charge in [0.2, 0.25) is 0 Å². The largest absolute Gasteiger partial charge is 0.467 e. The number of rotatable bonds is 4. The number of piperidine rings is 1. The molecule has 1 fully saturated rings. The lowest BCUT2D eigenvalue weighted by atomic mass is 10.0. The molecule has 0 unspecified atom stereocenters. The second-order valence-corrected chi connectivity index (χ2v) is 7.70. The lowest BCUT2D eigenvalue weighted by Gasteiger charge is -2.33. The summed E-state index contributed by atoms with van der Waals surface area (Å²) in [6.45, 7) is 5.69. The maximum atomic E-state index is 13.1. The molecule has 2 aromatic rings. The van der Waals surface area contributed by atoms with Crippen molar-refractivity contribution in [3.63, 3.8) is 0 Å². The molecule has 5 heteroatoms. The van der Waals surface area contributed by atoms with E-state index in [0.29, 0.717) is 19.0 Å². The van der Waals surface area contributed by atoms with E-state index >= 15 is 0 Å². The summed E-state index contributed by atoms with van der Waals surface area (Å²) in [6, 6.07) is 12.4. The van der Waals surface area contributed by atoms with Crippen LogP contribution in [-0.2, 0) is 4.79 Å². The molecule has 0 radical (unpaired) electrons. The summed E-state index contributed by atoms with van der Waals surface area (Å²) in [5, 5.41) is 6.38. The van der Waals surface area contributed by atoms with Crippen molar-refractivity contribution in [2.75, 3.05) is 13.1 Å². The number of amides is 1. The smallest absolute Gasteiger partial charge is 0.257 e. The quantitative estimate of drug-likeness (QED) is 0.818. The highest BCUT2D eigenvalue weighted by Gasteiger charge is 2.36. The molecule has 1 amide bonds. The monoisotopic (exact) mass is 365 g/mol. The molecule has 2 atom stereocenters. The summed E-state index contributed by atoms with van der Waals surface area (Å²) >= 11 is 0. The molecule has 27 heavy (non-hydrogen) atoms. The number of hydrogen-bond donors (Lipinski definition) is 0. The van der Waals surface area contributed by atoms with Gasteiger partial charge in [-0.3, -0.25) is 9.69 Å². The highest BCUT2D eigenvalue weighted by Crippen LogP contribution is 2.33. The first-order valence-electron chi connectivity index (χ1n) is 9.86. The minimum Gasteiger partial charge on any atom is -0.467 e. The minimum absolute atomic E-state index is 0.0484. The van der Waals surface area contributed by atoms with Crippen molar-refractivity contribution in [2.24, 2.45) is 5.10 Å². The Bertz CT molecular complexity index is 811. The van der Waals surface area contributed by atoms with E-state index in [1.165, 1.54) is 12.0 Å². The van der Waals surface area contributed by atoms with Crippen LogP contribution in [0.2, 0.25) is 0 Å². The van der Waals surface area contributed by atoms with E-state index in [2.05, 4.69) is 43.0 Å². The molecule has 0 spiro atoms. The van der Waals surface area contributed by atoms with E-state index in [9.17, 15) is 4.79 Å². The van der Waals surface area contributed by atoms with Crippen LogP contribution in [0.5, 0.6) is 0 Å². The highest BCUT2D eigenvalue weighted by molar-refractivity contribution is 6.03. The Labute approximate surface area is 160 Å². The zero-order valence-electron chi connectivity index (χ0n) is 16.1. The van der Waals surface area contributed by atoms with Crippen LogP contribution in [0.25, 0.3) is 0 Å². The zero-order chi connectivity index (χ0) is 18.8. The Kier molecular flexibility index (Phi) is 5.12. The van der Waals surface area contributed by atoms with Gasteiger partial charge in [-0.2, -0.15) is 5.10 Å². The van der Waals surface area contributed by atoms with Crippen LogP contribution in [-0.4, -0.2) is 40.7 Å². The number of carbonyl (C=O) groups is 1. The van der Waals surface area contributed by atoms with E-state index < -0.39 is 0 Å². The molecule has 5 nitrogen and oxygen atoms in total. The van der Waals surface area contributed by atoms with E-state index in [4.69, 9.17) is 9.52 Å². The van der Waals surface area contributed by atoms with Crippen molar-refractivity contribution in [3.8, 4) is 0 Å². The predicted molar refractivity (Wildman–Crippen MR) is 106 cm³/mol. The number of hydrazone groups is 1. The molecule has 0 aliphatic carbocycles. The SMILES string of the molecule is Cc1ccc(C2=NN(C(=O)CN3CCCC[C@@H]3C)[C@@H](c3ccco3)C2)cc1. The van der Waals surface area contributed by atoms with Crippen LogP contribution in [0.3, 0.4) is 0 Å². The molecule has 142 valence electrons. The second-order valence-electron chi connectivity index (χ2n) is 7.70. The predicted octanol–water partition coefficient (Wildman–Crippen LogP) is 4.14. The molecular weight excluding hydrogens is 338 g/mol. The van der Waals surface area contributed by atoms with E-state index in [0.717, 1.165) is 36.4 Å². The summed E-state index contributed by atoms with van der Waals surface area (Å²) in [7, 11) is 0. The summed E-state index contributed by atoms with van der Waals surface area (Å²) in [4.78, 5) is 15.4. The van der Waals surface area contributed by atoms with Gasteiger partial charge < -0.3 is 4.42 Å². The van der Waals surface area contributed by atoms with Crippen molar-refractivity contribution in [1.29, 1.82) is 0 Å². The van der Waals surface area contributed by atoms with Crippen LogP contribution < -0.4 is 0 Å². The maximum absolute atomic E-state index is 13.1. The van der Waals surface area contributed by atoms with Crippen LogP contribution in [0.4, 0.5) is 0 Å². The van der Waals surface area contributed by atoms with Crippen LogP contribution in [0, 0.1) is 6.92 Å². The lowest BCUT2D eigenvalue weighted by Crippen LogP contribution is -2.44. The standard InChI is InChI=1S/C22H27N3O2/c1-16-8-10-18(11-9-16)19-14-20(21-7-5-13-27-21)25(23-19)22(26)15-24-12-4-3-6-17(24)2/h5,7-11,13,17,20H,3-4,6,12,14-15H2,1-2H3/t17-,20+/m0/s1. The van der Waals surface area contributed by atoms with Gasteiger partial charge in [-0.05, 0) is 50.9 Å². The van der Waals surface area contributed by atoms with E-state index in [-0.39, 0.29) is 11.9 Å². The third kappa shape index (κ3) is 3.83. The number of furan rings is 1. The van der Waals surface area contributed by atoms with Gasteiger partial charge >= 0.3 is 0 Å². The number of carbonyl (C=O) groups excluding carboxylic acids is 1. The van der Waals surface area contributed by atoms with Gasteiger partial charge in [0.25, 0.3) is 5.91 Å². The summed E-state index contributed by atoms with van der Waals surface area (Å²) in [6.07, 6.45) is 5.91. The normalized spacial score (nSPS) is 23.5. The Hall–Kier alpha value is -2.40. The van der Waals surface area contributed by atoms with Crippen molar-refractivity contribution in [1.82, 2.24) is 9.91 Å². The average molecular weight is 365 g/mol. The van der Waals surface area contributed by atoms with Gasteiger partial charge in [0.15, 0.2) is 0 Å². The van der Waals surface area contributed by atoms with Gasteiger partial charge in [0.1, 0.15) is 11.8 Å². The highest BCUT2D eigenvalue weighted by atomic mass is 16.3. The van der Waals surface area contributed by atoms with Crippen LogP contribution >= 0.6 is 0 Å². The van der Waals surface area contributed by atoms with Crippen LogP contribution in [0.15, 0.2) is 52.2 Å². The minimum atomic E-state index is -0.163. The average Bonchev–Trinajstić information content (AvgIpc) is 3.33. The number of aryl methyl sites for hydroxylation is 1. The Morgan fingerprint density at radius 3 is 2.74 bits per heavy atom. The molecule has 0 saturated carbocycles. The molecule has 1 aromatic heterocycles. The lowest BCUT2D eigenvalue weighted by molar-refractivity contribution is -0.135. The molecule has 2 aliphatic rings. The van der Waals surface area contributed by atoms with Gasteiger partial charge in [-0.1, -0.05) is 36.2 Å². The van der Waals surface area contributed by atoms with Gasteiger partial charge in [0.05, 0.1) is 18.5 Å². The molecule has 2 aliphatic heterocycles. The van der Waals surface area contributed by atoms with Gasteiger partial charge in [0, 0.05) is 12.5 Å². The number of likely N-dealkylation sites (tertiary alicyclic amines) is 1. The Morgan fingerprint density at radius 2 is 2.04 bits per heavy atom. The number of nitrogens with zero attached hydrogens (tertiary/aromatic N) is 3. The maximum Gasteiger partial charge on any atom is 0.257 e. The van der Waals surface area contributed by atoms with Gasteiger partial charge in [-0.25, -0.2) is 5.01 Å². The van der Waals surface area contributed by atoms with E-state index in [1.807, 2.05) is 12.1 Å². The van der Waals surface area contributed by atoms with Crippen molar-refractivity contribution < 1.29 is 9.21 Å². The molecule has 4 rings (SSSR count). The molecule has 0 bridgehead atoms. The van der Waals surface area contributed by atoms with E-state index in [1.54, 1.807) is 11.3 Å². The fourth-order valence-electron chi connectivity index (χ4n) is 4.00. The Balaban J connectivity index is 1.57. The molecule has 1 saturated heterocycles. The number of benzene rings is 1. The fraction of sp³-hybridized carbons (Fsp3) is 0.455. The first-order chi connectivity index (χ1) is 13.1. The Morgan fingerprint density at radius 1 is 1.22 bits per heavy atom. The molecule has 3 heterocycles. The molecule has 0 N–H and O–H groups in total. The summed E-state index contributed by atoms with van der Waals surface area (Å²) in [5.74, 6) is 0.841. The third-order valence-electron chi connectivity index (χ3n) is 5.70. The zero-order valence-corrected chi connectivity index (χ0v) is 16.1. The first-order valence-corrected chi connectivity index (χ1v) is 9.86. The van der Waals surface area contributed by atoms with Gasteiger partial charge in [-0.15, -0.1) is 0 Å². The second kappa shape index (κ2) is 7.69.